The maximum atomic E-state index is 5.56. The molecule has 0 amide bonds. The highest BCUT2D eigenvalue weighted by molar-refractivity contribution is 5.26. The van der Waals surface area contributed by atoms with Gasteiger partial charge in [0, 0.05) is 39.3 Å². The Morgan fingerprint density at radius 1 is 0.333 bits per heavy atom. The zero-order chi connectivity index (χ0) is 40.1. The van der Waals surface area contributed by atoms with E-state index < -0.39 is 0 Å². The normalized spacial score (nSPS) is 14.6. The van der Waals surface area contributed by atoms with Crippen molar-refractivity contribution >= 4 is 0 Å². The van der Waals surface area contributed by atoms with Crippen molar-refractivity contribution < 1.29 is 0 Å². The summed E-state index contributed by atoms with van der Waals surface area (Å²) < 4.78 is 0. The predicted molar refractivity (Wildman–Crippen MR) is 235 cm³/mol. The molecule has 1 saturated carbocycles. The summed E-state index contributed by atoms with van der Waals surface area (Å²) in [6, 6.07) is 24.0. The van der Waals surface area contributed by atoms with Crippen LogP contribution in [-0.4, -0.2) is 26.2 Å². The Bertz CT molecular complexity index is 1130. The van der Waals surface area contributed by atoms with Crippen LogP contribution in [0.2, 0.25) is 0 Å². The van der Waals surface area contributed by atoms with Gasteiger partial charge in [-0.05, 0) is 110 Å². The Morgan fingerprint density at radius 2 is 0.648 bits per heavy atom. The first-order valence-corrected chi connectivity index (χ1v) is 20.6. The van der Waals surface area contributed by atoms with Gasteiger partial charge in [0.05, 0.1) is 0 Å². The third kappa shape index (κ3) is 26.9. The molecule has 20 N–H and O–H groups in total. The lowest BCUT2D eigenvalue weighted by Crippen LogP contribution is -2.25. The molecular weight excluding hydrogens is 669 g/mol. The van der Waals surface area contributed by atoms with Crippen LogP contribution in [0.4, 0.5) is 0 Å². The van der Waals surface area contributed by atoms with Gasteiger partial charge in [-0.1, -0.05) is 124 Å². The summed E-state index contributed by atoms with van der Waals surface area (Å²) in [5, 5.41) is 0. The first-order valence-electron chi connectivity index (χ1n) is 20.6. The monoisotopic (exact) mass is 751 g/mol. The Labute approximate surface area is 329 Å². The molecule has 0 heterocycles. The molecule has 0 atom stereocenters. The molecule has 3 aromatic rings. The minimum Gasteiger partial charge on any atom is -0.330 e. The van der Waals surface area contributed by atoms with E-state index >= 15 is 0 Å². The van der Waals surface area contributed by atoms with Crippen LogP contribution in [0.15, 0.2) is 72.8 Å². The highest BCUT2D eigenvalue weighted by Crippen LogP contribution is 2.27. The lowest BCUT2D eigenvalue weighted by atomic mass is 9.82. The molecule has 0 aliphatic heterocycles. The fraction of sp³-hybridized carbons (Fsp3) is 0.591. The fourth-order valence-corrected chi connectivity index (χ4v) is 6.06. The molecule has 1 fully saturated rings. The first kappa shape index (κ1) is 51.3. The number of rotatable bonds is 19. The molecule has 0 aromatic heterocycles. The van der Waals surface area contributed by atoms with Crippen molar-refractivity contribution in [2.45, 2.75) is 129 Å². The van der Waals surface area contributed by atoms with E-state index in [9.17, 15) is 0 Å². The van der Waals surface area contributed by atoms with Crippen LogP contribution >= 0.6 is 0 Å². The topological polar surface area (TPSA) is 260 Å². The number of hydrogen-bond acceptors (Lipinski definition) is 10. The number of unbranched alkanes of at least 4 members (excludes halogenated alkanes) is 9. The zero-order valence-corrected chi connectivity index (χ0v) is 33.8. The third-order valence-corrected chi connectivity index (χ3v) is 9.81. The molecule has 3 aromatic carbocycles. The van der Waals surface area contributed by atoms with Crippen LogP contribution in [-0.2, 0) is 39.3 Å². The maximum Gasteiger partial charge on any atom is 0.0181 e. The van der Waals surface area contributed by atoms with E-state index in [2.05, 4.69) is 0 Å². The number of benzene rings is 3. The van der Waals surface area contributed by atoms with E-state index in [1.807, 2.05) is 72.8 Å². The van der Waals surface area contributed by atoms with Gasteiger partial charge in [-0.25, -0.2) is 0 Å². The standard InChI is InChI=1S/C12H28N2.C8H18N2.3C8H12N2/c13-11-9-7-5-3-1-2-4-6-8-10-12-14;2*9-5-7-1-2-8(6-10)4-3-7;9-5-7-2-1-3-8(4-7)6-10;9-5-7-3-1-2-4-8(7)6-10/h1-14H2;7-8H,1-6,9-10H2;3*1-4H,5-6,9-10H2. The highest BCUT2D eigenvalue weighted by atomic mass is 14.6. The van der Waals surface area contributed by atoms with Gasteiger partial charge in [-0.15, -0.1) is 0 Å². The van der Waals surface area contributed by atoms with E-state index in [1.165, 1.54) is 89.9 Å². The van der Waals surface area contributed by atoms with Crippen molar-refractivity contribution in [3.8, 4) is 0 Å². The smallest absolute Gasteiger partial charge is 0.0181 e. The first-order chi connectivity index (χ1) is 26.4. The van der Waals surface area contributed by atoms with Gasteiger partial charge in [0.15, 0.2) is 0 Å². The summed E-state index contributed by atoms with van der Waals surface area (Å²) in [6.07, 6.45) is 18.6. The van der Waals surface area contributed by atoms with Gasteiger partial charge < -0.3 is 57.3 Å². The summed E-state index contributed by atoms with van der Waals surface area (Å²) in [7, 11) is 0. The lowest BCUT2D eigenvalue weighted by molar-refractivity contribution is 0.285. The molecule has 10 nitrogen and oxygen atoms in total. The van der Waals surface area contributed by atoms with Crippen molar-refractivity contribution in [3.63, 3.8) is 0 Å². The SMILES string of the molecule is NCC1CCC(CN)CC1.NCCCCCCCCCCCCN.NCc1ccc(CN)cc1.NCc1cccc(CN)c1.NCc1ccccc1CN. The van der Waals surface area contributed by atoms with E-state index in [1.54, 1.807) is 0 Å². The second kappa shape index (κ2) is 37.2. The fourth-order valence-electron chi connectivity index (χ4n) is 6.06. The van der Waals surface area contributed by atoms with Crippen LogP contribution in [0.1, 0.15) is 123 Å². The predicted octanol–water partition coefficient (Wildman–Crippen LogP) is 5.33. The van der Waals surface area contributed by atoms with Gasteiger partial charge in [-0.3, -0.25) is 0 Å². The molecule has 4 rings (SSSR count). The van der Waals surface area contributed by atoms with E-state index in [0.717, 1.165) is 71.4 Å². The maximum absolute atomic E-state index is 5.56. The van der Waals surface area contributed by atoms with Crippen LogP contribution in [0.3, 0.4) is 0 Å². The Kier molecular flexibility index (Phi) is 35.3. The van der Waals surface area contributed by atoms with Gasteiger partial charge >= 0.3 is 0 Å². The summed E-state index contributed by atoms with van der Waals surface area (Å²) in [4.78, 5) is 0. The van der Waals surface area contributed by atoms with E-state index in [0.29, 0.717) is 39.3 Å². The molecule has 0 saturated heterocycles. The molecular formula is C44H82N10. The summed E-state index contributed by atoms with van der Waals surface area (Å²) >= 11 is 0. The molecule has 0 radical (unpaired) electrons. The average Bonchev–Trinajstić information content (AvgIpc) is 3.25. The number of nitrogens with two attached hydrogens (primary N) is 10. The quantitative estimate of drug-likeness (QED) is 0.0705. The molecule has 10 heteroatoms. The second-order valence-electron chi connectivity index (χ2n) is 14.1. The van der Waals surface area contributed by atoms with Crippen molar-refractivity contribution in [1.29, 1.82) is 0 Å². The number of hydrogen-bond donors (Lipinski definition) is 10. The van der Waals surface area contributed by atoms with Gasteiger partial charge in [0.25, 0.3) is 0 Å². The minimum absolute atomic E-state index is 0.577. The highest BCUT2D eigenvalue weighted by Gasteiger charge is 2.18. The Hall–Kier alpha value is -2.74. The van der Waals surface area contributed by atoms with Crippen LogP contribution in [0.25, 0.3) is 0 Å². The van der Waals surface area contributed by atoms with Crippen LogP contribution in [0.5, 0.6) is 0 Å². The van der Waals surface area contributed by atoms with Gasteiger partial charge in [0.2, 0.25) is 0 Å². The largest absolute Gasteiger partial charge is 0.330 e. The Balaban J connectivity index is 0.000000654. The van der Waals surface area contributed by atoms with Gasteiger partial charge in [-0.2, -0.15) is 0 Å². The van der Waals surface area contributed by atoms with Crippen molar-refractivity contribution in [3.05, 3.63) is 106 Å². The summed E-state index contributed by atoms with van der Waals surface area (Å²) in [5.41, 5.74) is 61.5. The molecule has 54 heavy (non-hydrogen) atoms. The summed E-state index contributed by atoms with van der Waals surface area (Å²) in [6.45, 7) is 7.00. The minimum atomic E-state index is 0.577. The average molecular weight is 751 g/mol. The lowest BCUT2D eigenvalue weighted by Gasteiger charge is -2.26. The molecule has 0 spiro atoms. The van der Waals surface area contributed by atoms with Crippen LogP contribution in [0, 0.1) is 11.8 Å². The van der Waals surface area contributed by atoms with Crippen LogP contribution < -0.4 is 57.3 Å². The summed E-state index contributed by atoms with van der Waals surface area (Å²) in [5.74, 6) is 1.59. The van der Waals surface area contributed by atoms with Crippen molar-refractivity contribution in [1.82, 2.24) is 0 Å². The van der Waals surface area contributed by atoms with E-state index in [4.69, 9.17) is 57.3 Å². The molecule has 308 valence electrons. The van der Waals surface area contributed by atoms with Crippen molar-refractivity contribution in [2.75, 3.05) is 26.2 Å². The Morgan fingerprint density at radius 3 is 0.907 bits per heavy atom. The van der Waals surface area contributed by atoms with Gasteiger partial charge in [0.1, 0.15) is 0 Å². The second-order valence-corrected chi connectivity index (χ2v) is 14.1. The third-order valence-electron chi connectivity index (χ3n) is 9.81. The zero-order valence-electron chi connectivity index (χ0n) is 33.8. The molecule has 1 aliphatic rings. The van der Waals surface area contributed by atoms with Crippen molar-refractivity contribution in [2.24, 2.45) is 69.2 Å². The molecule has 0 unspecified atom stereocenters. The molecule has 1 aliphatic carbocycles. The van der Waals surface area contributed by atoms with E-state index in [-0.39, 0.29) is 0 Å². The molecule has 0 bridgehead atoms.